The van der Waals surface area contributed by atoms with E-state index in [1.807, 2.05) is 49.4 Å². The van der Waals surface area contributed by atoms with Crippen molar-refractivity contribution in [3.8, 4) is 0 Å². The van der Waals surface area contributed by atoms with Crippen molar-refractivity contribution in [3.05, 3.63) is 94.4 Å². The van der Waals surface area contributed by atoms with Gasteiger partial charge in [-0.05, 0) is 31.0 Å². The summed E-state index contributed by atoms with van der Waals surface area (Å²) >= 11 is 0. The predicted octanol–water partition coefficient (Wildman–Crippen LogP) is 5.68. The van der Waals surface area contributed by atoms with Crippen LogP contribution in [0.1, 0.15) is 37.3 Å². The molecular formula is C25H26O3S. The fourth-order valence-electron chi connectivity index (χ4n) is 3.40. The number of unbranched alkanes of at least 4 members (excludes halogenated alkanes) is 1. The molecule has 1 aliphatic rings. The average Bonchev–Trinajstić information content (AvgIpc) is 3.04. The topological polar surface area (TPSA) is 51.2 Å². The molecule has 3 nitrogen and oxygen atoms in total. The minimum Gasteiger partial charge on any atom is -0.288 e. The maximum absolute atomic E-state index is 13.1. The number of Topliss-reactive ketones (excluding diaryl/α,β-unsaturated/α-hetero) is 1. The standard InChI is InChI=1S/C25H26O3S/c1-3-4-12-21-18-24(29(27,28)22-16-14-19(2)15-17-22)25(26)23(21)13-8-11-20-9-6-5-7-10-20/h5-11,13-18,21H,3-4,12H2,1-2H3. The number of ketones is 1. The number of sulfone groups is 1. The lowest BCUT2D eigenvalue weighted by Gasteiger charge is -2.08. The Morgan fingerprint density at radius 2 is 1.69 bits per heavy atom. The molecule has 3 rings (SSSR count). The normalized spacial score (nSPS) is 18.6. The van der Waals surface area contributed by atoms with E-state index in [1.54, 1.807) is 36.4 Å². The Hall–Kier alpha value is -2.72. The predicted molar refractivity (Wildman–Crippen MR) is 118 cm³/mol. The Bertz CT molecular complexity index is 1060. The lowest BCUT2D eigenvalue weighted by molar-refractivity contribution is -0.111. The van der Waals surface area contributed by atoms with Crippen LogP contribution in [0.25, 0.3) is 6.08 Å². The third-order valence-electron chi connectivity index (χ3n) is 5.09. The molecular weight excluding hydrogens is 380 g/mol. The first-order valence-corrected chi connectivity index (χ1v) is 11.4. The Labute approximate surface area is 173 Å². The molecule has 0 fully saturated rings. The number of rotatable bonds is 7. The molecule has 0 saturated heterocycles. The van der Waals surface area contributed by atoms with Crippen LogP contribution in [-0.2, 0) is 14.6 Å². The van der Waals surface area contributed by atoms with Crippen LogP contribution in [0.5, 0.6) is 0 Å². The second kappa shape index (κ2) is 9.19. The number of allylic oxidation sites excluding steroid dienone is 5. The summed E-state index contributed by atoms with van der Waals surface area (Å²) in [5.74, 6) is -0.553. The van der Waals surface area contributed by atoms with Gasteiger partial charge in [0, 0.05) is 11.5 Å². The second-order valence-electron chi connectivity index (χ2n) is 7.32. The molecule has 0 saturated carbocycles. The van der Waals surface area contributed by atoms with E-state index in [1.165, 1.54) is 0 Å². The Kier molecular flexibility index (Phi) is 6.65. The van der Waals surface area contributed by atoms with Crippen molar-refractivity contribution in [1.82, 2.24) is 0 Å². The molecule has 0 heterocycles. The summed E-state index contributed by atoms with van der Waals surface area (Å²) in [4.78, 5) is 13.1. The van der Waals surface area contributed by atoms with Crippen molar-refractivity contribution < 1.29 is 13.2 Å². The Morgan fingerprint density at radius 3 is 2.34 bits per heavy atom. The highest BCUT2D eigenvalue weighted by Gasteiger charge is 2.37. The first-order valence-electron chi connectivity index (χ1n) is 9.95. The van der Waals surface area contributed by atoms with E-state index in [0.717, 1.165) is 30.4 Å². The van der Waals surface area contributed by atoms with Crippen molar-refractivity contribution in [2.24, 2.45) is 5.92 Å². The molecule has 29 heavy (non-hydrogen) atoms. The highest BCUT2D eigenvalue weighted by atomic mass is 32.2. The van der Waals surface area contributed by atoms with Gasteiger partial charge in [-0.3, -0.25) is 4.79 Å². The van der Waals surface area contributed by atoms with Crippen molar-refractivity contribution in [2.75, 3.05) is 0 Å². The minimum absolute atomic E-state index is 0.0955. The zero-order valence-electron chi connectivity index (χ0n) is 16.8. The van der Waals surface area contributed by atoms with Gasteiger partial charge in [-0.1, -0.05) is 92.1 Å². The SMILES string of the molecule is CCCCC1C=C(S(=O)(=O)c2ccc(C)cc2)C(=O)C1=CC=Cc1ccccc1. The molecule has 2 aromatic rings. The molecule has 150 valence electrons. The van der Waals surface area contributed by atoms with Gasteiger partial charge >= 0.3 is 0 Å². The number of benzene rings is 2. The third kappa shape index (κ3) is 4.83. The van der Waals surface area contributed by atoms with Gasteiger partial charge in [0.1, 0.15) is 4.91 Å². The van der Waals surface area contributed by atoms with Crippen LogP contribution in [0.4, 0.5) is 0 Å². The van der Waals surface area contributed by atoms with E-state index in [4.69, 9.17) is 0 Å². The molecule has 4 heteroatoms. The molecule has 1 atom stereocenters. The molecule has 0 aliphatic heterocycles. The molecule has 1 unspecified atom stereocenters. The lowest BCUT2D eigenvalue weighted by atomic mass is 9.95. The largest absolute Gasteiger partial charge is 0.288 e. The molecule has 0 N–H and O–H groups in total. The zero-order valence-corrected chi connectivity index (χ0v) is 17.7. The van der Waals surface area contributed by atoms with Gasteiger partial charge in [0.05, 0.1) is 4.90 Å². The maximum Gasteiger partial charge on any atom is 0.210 e. The van der Waals surface area contributed by atoms with Gasteiger partial charge in [0.25, 0.3) is 0 Å². The summed E-state index contributed by atoms with van der Waals surface area (Å²) in [5, 5.41) is 0. The van der Waals surface area contributed by atoms with Crippen LogP contribution >= 0.6 is 0 Å². The smallest absolute Gasteiger partial charge is 0.210 e. The average molecular weight is 407 g/mol. The summed E-state index contributed by atoms with van der Waals surface area (Å²) in [5.41, 5.74) is 2.56. The van der Waals surface area contributed by atoms with Crippen LogP contribution in [0.15, 0.2) is 88.2 Å². The summed E-state index contributed by atoms with van der Waals surface area (Å²) in [6, 6.07) is 16.4. The van der Waals surface area contributed by atoms with Gasteiger partial charge in [-0.2, -0.15) is 0 Å². The van der Waals surface area contributed by atoms with Gasteiger partial charge in [0.2, 0.25) is 15.6 Å². The number of carbonyl (C=O) groups is 1. The van der Waals surface area contributed by atoms with Crippen LogP contribution in [0, 0.1) is 12.8 Å². The van der Waals surface area contributed by atoms with E-state index in [2.05, 4.69) is 6.92 Å². The lowest BCUT2D eigenvalue weighted by Crippen LogP contribution is -2.12. The highest BCUT2D eigenvalue weighted by molar-refractivity contribution is 7.96. The fourth-order valence-corrected chi connectivity index (χ4v) is 4.86. The van der Waals surface area contributed by atoms with Crippen LogP contribution in [-0.4, -0.2) is 14.2 Å². The molecule has 0 spiro atoms. The molecule has 0 aromatic heterocycles. The number of hydrogen-bond donors (Lipinski definition) is 0. The van der Waals surface area contributed by atoms with E-state index in [0.29, 0.717) is 5.57 Å². The van der Waals surface area contributed by atoms with Crippen molar-refractivity contribution in [1.29, 1.82) is 0 Å². The fraction of sp³-hybridized carbons (Fsp3) is 0.240. The van der Waals surface area contributed by atoms with Crippen LogP contribution in [0.3, 0.4) is 0 Å². The molecule has 0 amide bonds. The van der Waals surface area contributed by atoms with Gasteiger partial charge in [-0.25, -0.2) is 8.42 Å². The minimum atomic E-state index is -3.83. The maximum atomic E-state index is 13.1. The van der Waals surface area contributed by atoms with Gasteiger partial charge < -0.3 is 0 Å². The summed E-state index contributed by atoms with van der Waals surface area (Å²) in [7, 11) is -3.83. The molecule has 2 aromatic carbocycles. The highest BCUT2D eigenvalue weighted by Crippen LogP contribution is 2.36. The van der Waals surface area contributed by atoms with Gasteiger partial charge in [0.15, 0.2) is 0 Å². The monoisotopic (exact) mass is 406 g/mol. The van der Waals surface area contributed by atoms with Crippen LogP contribution < -0.4 is 0 Å². The molecule has 0 radical (unpaired) electrons. The first-order chi connectivity index (χ1) is 13.9. The Balaban J connectivity index is 1.93. The number of aryl methyl sites for hydroxylation is 1. The summed E-state index contributed by atoms with van der Waals surface area (Å²) < 4.78 is 26.2. The summed E-state index contributed by atoms with van der Waals surface area (Å²) in [6.45, 7) is 3.99. The van der Waals surface area contributed by atoms with Gasteiger partial charge in [-0.15, -0.1) is 0 Å². The Morgan fingerprint density at radius 1 is 1.00 bits per heavy atom. The van der Waals surface area contributed by atoms with E-state index < -0.39 is 9.84 Å². The van der Waals surface area contributed by atoms with E-state index in [9.17, 15) is 13.2 Å². The number of carbonyl (C=O) groups excluding carboxylic acids is 1. The van der Waals surface area contributed by atoms with E-state index in [-0.39, 0.29) is 21.5 Å². The first kappa shape index (κ1) is 21.0. The van der Waals surface area contributed by atoms with Crippen molar-refractivity contribution >= 4 is 21.7 Å². The second-order valence-corrected chi connectivity index (χ2v) is 9.24. The van der Waals surface area contributed by atoms with Crippen molar-refractivity contribution in [2.45, 2.75) is 38.0 Å². The zero-order chi connectivity index (χ0) is 20.9. The molecule has 0 bridgehead atoms. The summed E-state index contributed by atoms with van der Waals surface area (Å²) in [6.07, 6.45) is 9.86. The third-order valence-corrected chi connectivity index (χ3v) is 6.88. The number of hydrogen-bond acceptors (Lipinski definition) is 3. The molecule has 1 aliphatic carbocycles. The quantitative estimate of drug-likeness (QED) is 0.556. The van der Waals surface area contributed by atoms with E-state index >= 15 is 0 Å². The van der Waals surface area contributed by atoms with Crippen molar-refractivity contribution in [3.63, 3.8) is 0 Å². The van der Waals surface area contributed by atoms with Crippen LogP contribution in [0.2, 0.25) is 0 Å².